The zero-order chi connectivity index (χ0) is 9.56. The van der Waals surface area contributed by atoms with Crippen molar-refractivity contribution in [3.63, 3.8) is 0 Å². The smallest absolute Gasteiger partial charge is 0.251 e. The molecule has 0 aliphatic carbocycles. The lowest BCUT2D eigenvalue weighted by molar-refractivity contribution is 0.0920. The van der Waals surface area contributed by atoms with Crippen molar-refractivity contribution in [2.75, 3.05) is 19.6 Å². The van der Waals surface area contributed by atoms with E-state index in [1.165, 1.54) is 0 Å². The second-order valence-corrected chi connectivity index (χ2v) is 2.56. The third kappa shape index (κ3) is 6.03. The predicted molar refractivity (Wildman–Crippen MR) is 44.6 cm³/mol. The van der Waals surface area contributed by atoms with E-state index in [9.17, 15) is 8.78 Å². The molecule has 3 N–H and O–H groups in total. The quantitative estimate of drug-likeness (QED) is 0.470. The SMILES string of the molecule is CCN(CCC(=N)N)CC(F)F. The minimum absolute atomic E-state index is 0.0442. The number of nitrogens with zero attached hydrogens (tertiary/aromatic N) is 1. The van der Waals surface area contributed by atoms with E-state index < -0.39 is 6.43 Å². The van der Waals surface area contributed by atoms with Gasteiger partial charge in [0.2, 0.25) is 0 Å². The Morgan fingerprint density at radius 1 is 1.58 bits per heavy atom. The van der Waals surface area contributed by atoms with E-state index in [1.807, 2.05) is 6.92 Å². The topological polar surface area (TPSA) is 53.1 Å². The molecule has 5 heteroatoms. The van der Waals surface area contributed by atoms with Gasteiger partial charge in [0.1, 0.15) is 0 Å². The minimum Gasteiger partial charge on any atom is -0.388 e. The summed E-state index contributed by atoms with van der Waals surface area (Å²) >= 11 is 0. The van der Waals surface area contributed by atoms with Gasteiger partial charge in [-0.3, -0.25) is 10.3 Å². The Bertz CT molecular complexity index is 139. The molecule has 0 aromatic carbocycles. The lowest BCUT2D eigenvalue weighted by Crippen LogP contribution is -2.31. The van der Waals surface area contributed by atoms with E-state index in [2.05, 4.69) is 0 Å². The number of amidine groups is 1. The van der Waals surface area contributed by atoms with Crippen molar-refractivity contribution in [3.05, 3.63) is 0 Å². The number of alkyl halides is 2. The van der Waals surface area contributed by atoms with Crippen LogP contribution in [0, 0.1) is 5.41 Å². The molecule has 12 heavy (non-hydrogen) atoms. The van der Waals surface area contributed by atoms with Crippen molar-refractivity contribution in [2.45, 2.75) is 19.8 Å². The first-order valence-corrected chi connectivity index (χ1v) is 3.89. The highest BCUT2D eigenvalue weighted by Gasteiger charge is 2.09. The molecule has 0 saturated heterocycles. The Morgan fingerprint density at radius 3 is 2.50 bits per heavy atom. The van der Waals surface area contributed by atoms with Gasteiger partial charge in [0, 0.05) is 13.0 Å². The molecule has 0 aliphatic rings. The molecule has 0 aromatic heterocycles. The molecule has 0 rings (SSSR count). The summed E-state index contributed by atoms with van der Waals surface area (Å²) in [6, 6.07) is 0. The molecule has 0 spiro atoms. The summed E-state index contributed by atoms with van der Waals surface area (Å²) < 4.78 is 23.7. The van der Waals surface area contributed by atoms with Gasteiger partial charge in [-0.05, 0) is 6.54 Å². The monoisotopic (exact) mass is 179 g/mol. The van der Waals surface area contributed by atoms with Crippen LogP contribution < -0.4 is 5.73 Å². The molecule has 0 aromatic rings. The lowest BCUT2D eigenvalue weighted by Gasteiger charge is -2.18. The van der Waals surface area contributed by atoms with Crippen molar-refractivity contribution in [3.8, 4) is 0 Å². The van der Waals surface area contributed by atoms with E-state index in [0.29, 0.717) is 19.5 Å². The van der Waals surface area contributed by atoms with E-state index in [1.54, 1.807) is 4.90 Å². The average molecular weight is 179 g/mol. The fraction of sp³-hybridized carbons (Fsp3) is 0.857. The van der Waals surface area contributed by atoms with Crippen LogP contribution in [0.2, 0.25) is 0 Å². The van der Waals surface area contributed by atoms with Gasteiger partial charge in [-0.2, -0.15) is 0 Å². The molecule has 3 nitrogen and oxygen atoms in total. The highest BCUT2D eigenvalue weighted by Crippen LogP contribution is 1.98. The standard InChI is InChI=1S/C7H15F2N3/c1-2-12(5-6(8)9)4-3-7(10)11/h6H,2-5H2,1H3,(H3,10,11). The minimum atomic E-state index is -2.31. The van der Waals surface area contributed by atoms with Crippen molar-refractivity contribution in [1.29, 1.82) is 5.41 Å². The van der Waals surface area contributed by atoms with Gasteiger partial charge in [-0.25, -0.2) is 8.78 Å². The van der Waals surface area contributed by atoms with Gasteiger partial charge in [0.05, 0.1) is 12.4 Å². The average Bonchev–Trinajstić information content (AvgIpc) is 1.97. The molecule has 0 unspecified atom stereocenters. The Morgan fingerprint density at radius 2 is 2.17 bits per heavy atom. The molecule has 0 fully saturated rings. The van der Waals surface area contributed by atoms with Crippen LogP contribution in [0.3, 0.4) is 0 Å². The first-order valence-electron chi connectivity index (χ1n) is 3.89. The summed E-state index contributed by atoms with van der Waals surface area (Å²) in [4.78, 5) is 1.58. The first kappa shape index (κ1) is 11.3. The van der Waals surface area contributed by atoms with Gasteiger partial charge < -0.3 is 5.73 Å². The Hall–Kier alpha value is -0.710. The van der Waals surface area contributed by atoms with E-state index in [0.717, 1.165) is 0 Å². The summed E-state index contributed by atoms with van der Waals surface area (Å²) in [7, 11) is 0. The predicted octanol–water partition coefficient (Wildman–Crippen LogP) is 0.899. The summed E-state index contributed by atoms with van der Waals surface area (Å²) in [5.41, 5.74) is 5.10. The number of nitrogens with one attached hydrogen (secondary N) is 1. The maximum Gasteiger partial charge on any atom is 0.251 e. The summed E-state index contributed by atoms with van der Waals surface area (Å²) in [5.74, 6) is 0.0442. The highest BCUT2D eigenvalue weighted by atomic mass is 19.3. The lowest BCUT2D eigenvalue weighted by atomic mass is 10.3. The first-order chi connectivity index (χ1) is 5.56. The second-order valence-electron chi connectivity index (χ2n) is 2.56. The van der Waals surface area contributed by atoms with Crippen LogP contribution in [0.5, 0.6) is 0 Å². The second kappa shape index (κ2) is 5.88. The van der Waals surface area contributed by atoms with Gasteiger partial charge in [-0.1, -0.05) is 6.92 Å². The maximum absolute atomic E-state index is 11.9. The fourth-order valence-electron chi connectivity index (χ4n) is 0.852. The molecule has 0 atom stereocenters. The van der Waals surface area contributed by atoms with Crippen molar-refractivity contribution in [1.82, 2.24) is 4.90 Å². The van der Waals surface area contributed by atoms with E-state index in [-0.39, 0.29) is 12.4 Å². The fourth-order valence-corrected chi connectivity index (χ4v) is 0.852. The molecule has 0 amide bonds. The molecule has 0 bridgehead atoms. The largest absolute Gasteiger partial charge is 0.388 e. The zero-order valence-electron chi connectivity index (χ0n) is 7.19. The number of hydrogen-bond donors (Lipinski definition) is 2. The van der Waals surface area contributed by atoms with Crippen molar-refractivity contribution < 1.29 is 8.78 Å². The Kier molecular flexibility index (Phi) is 5.53. The van der Waals surface area contributed by atoms with Gasteiger partial charge in [0.25, 0.3) is 6.43 Å². The summed E-state index contributed by atoms with van der Waals surface area (Å²) in [5, 5.41) is 6.91. The zero-order valence-corrected chi connectivity index (χ0v) is 7.19. The number of halogens is 2. The van der Waals surface area contributed by atoms with Crippen LogP contribution in [-0.4, -0.2) is 36.8 Å². The molecule has 0 radical (unpaired) electrons. The summed E-state index contributed by atoms with van der Waals surface area (Å²) in [6.45, 7) is 2.58. The molecule has 0 heterocycles. The van der Waals surface area contributed by atoms with Crippen LogP contribution >= 0.6 is 0 Å². The Balaban J connectivity index is 3.60. The third-order valence-corrected chi connectivity index (χ3v) is 1.54. The summed E-state index contributed by atoms with van der Waals surface area (Å²) in [6.07, 6.45) is -1.95. The van der Waals surface area contributed by atoms with E-state index >= 15 is 0 Å². The van der Waals surface area contributed by atoms with Crippen LogP contribution in [0.4, 0.5) is 8.78 Å². The van der Waals surface area contributed by atoms with Crippen molar-refractivity contribution >= 4 is 5.84 Å². The van der Waals surface area contributed by atoms with Gasteiger partial charge >= 0.3 is 0 Å². The van der Waals surface area contributed by atoms with Crippen LogP contribution in [0.15, 0.2) is 0 Å². The van der Waals surface area contributed by atoms with Crippen molar-refractivity contribution in [2.24, 2.45) is 5.73 Å². The van der Waals surface area contributed by atoms with E-state index in [4.69, 9.17) is 11.1 Å². The molecule has 0 aliphatic heterocycles. The molecular formula is C7H15F2N3. The van der Waals surface area contributed by atoms with Crippen LogP contribution in [-0.2, 0) is 0 Å². The normalized spacial score (nSPS) is 11.1. The Labute approximate surface area is 71.0 Å². The maximum atomic E-state index is 11.9. The van der Waals surface area contributed by atoms with Crippen LogP contribution in [0.1, 0.15) is 13.3 Å². The number of nitrogens with two attached hydrogens (primary N) is 1. The molecule has 72 valence electrons. The number of rotatable bonds is 6. The third-order valence-electron chi connectivity index (χ3n) is 1.54. The van der Waals surface area contributed by atoms with Gasteiger partial charge in [-0.15, -0.1) is 0 Å². The number of hydrogen-bond acceptors (Lipinski definition) is 2. The highest BCUT2D eigenvalue weighted by molar-refractivity contribution is 5.76. The molecular weight excluding hydrogens is 164 g/mol. The van der Waals surface area contributed by atoms with Crippen LogP contribution in [0.25, 0.3) is 0 Å². The van der Waals surface area contributed by atoms with Gasteiger partial charge in [0.15, 0.2) is 0 Å². The molecule has 0 saturated carbocycles.